The Bertz CT molecular complexity index is 588. The Balaban J connectivity index is 2.40. The van der Waals surface area contributed by atoms with Gasteiger partial charge in [-0.1, -0.05) is 45.0 Å². The van der Waals surface area contributed by atoms with E-state index in [1.54, 1.807) is 0 Å². The van der Waals surface area contributed by atoms with E-state index in [4.69, 9.17) is 4.98 Å². The van der Waals surface area contributed by atoms with E-state index in [-0.39, 0.29) is 0 Å². The van der Waals surface area contributed by atoms with Crippen LogP contribution in [0, 0.1) is 6.92 Å². The molecule has 0 saturated heterocycles. The molecule has 2 aromatic rings. The fourth-order valence-electron chi connectivity index (χ4n) is 2.43. The SMILES string of the molecule is CCCNc1nc(-c2ccc(CC)cc2)nc(C)c1CC. The molecule has 0 aliphatic heterocycles. The number of aromatic nitrogens is 2. The van der Waals surface area contributed by atoms with E-state index in [1.165, 1.54) is 11.1 Å². The monoisotopic (exact) mass is 283 g/mol. The maximum atomic E-state index is 4.75. The highest BCUT2D eigenvalue weighted by molar-refractivity contribution is 5.60. The third kappa shape index (κ3) is 3.60. The molecule has 2 rings (SSSR count). The Hall–Kier alpha value is -1.90. The summed E-state index contributed by atoms with van der Waals surface area (Å²) in [4.78, 5) is 9.43. The summed E-state index contributed by atoms with van der Waals surface area (Å²) >= 11 is 0. The molecule has 0 bridgehead atoms. The van der Waals surface area contributed by atoms with Gasteiger partial charge >= 0.3 is 0 Å². The first-order valence-corrected chi connectivity index (χ1v) is 7.90. The van der Waals surface area contributed by atoms with Crippen LogP contribution >= 0.6 is 0 Å². The lowest BCUT2D eigenvalue weighted by atomic mass is 10.1. The van der Waals surface area contributed by atoms with Crippen LogP contribution in [0.5, 0.6) is 0 Å². The fourth-order valence-corrected chi connectivity index (χ4v) is 2.43. The molecule has 3 nitrogen and oxygen atoms in total. The van der Waals surface area contributed by atoms with Gasteiger partial charge in [0.1, 0.15) is 5.82 Å². The van der Waals surface area contributed by atoms with Gasteiger partial charge in [0.25, 0.3) is 0 Å². The largest absolute Gasteiger partial charge is 0.370 e. The number of anilines is 1. The van der Waals surface area contributed by atoms with E-state index in [1.807, 2.05) is 0 Å². The van der Waals surface area contributed by atoms with E-state index in [0.717, 1.165) is 48.7 Å². The number of hydrogen-bond donors (Lipinski definition) is 1. The first kappa shape index (κ1) is 15.5. The number of nitrogens with one attached hydrogen (secondary N) is 1. The summed E-state index contributed by atoms with van der Waals surface area (Å²) in [6, 6.07) is 8.54. The molecular weight excluding hydrogens is 258 g/mol. The van der Waals surface area contributed by atoms with Crippen molar-refractivity contribution in [2.24, 2.45) is 0 Å². The van der Waals surface area contributed by atoms with Crippen LogP contribution in [0.4, 0.5) is 5.82 Å². The van der Waals surface area contributed by atoms with Gasteiger partial charge in [-0.3, -0.25) is 0 Å². The molecule has 0 unspecified atom stereocenters. The van der Waals surface area contributed by atoms with E-state index in [9.17, 15) is 0 Å². The first-order chi connectivity index (χ1) is 10.2. The number of rotatable bonds is 6. The molecule has 1 aromatic carbocycles. The molecule has 0 aliphatic rings. The van der Waals surface area contributed by atoms with Gasteiger partial charge in [0.05, 0.1) is 0 Å². The maximum absolute atomic E-state index is 4.75. The van der Waals surface area contributed by atoms with Gasteiger partial charge < -0.3 is 5.32 Å². The van der Waals surface area contributed by atoms with Gasteiger partial charge in [-0.25, -0.2) is 9.97 Å². The highest BCUT2D eigenvalue weighted by Crippen LogP contribution is 2.23. The van der Waals surface area contributed by atoms with Crippen LogP contribution in [-0.4, -0.2) is 16.5 Å². The molecule has 0 amide bonds. The minimum absolute atomic E-state index is 0.811. The second-order valence-corrected chi connectivity index (χ2v) is 5.29. The second kappa shape index (κ2) is 7.21. The minimum atomic E-state index is 0.811. The molecule has 1 N–H and O–H groups in total. The number of benzene rings is 1. The molecule has 0 atom stereocenters. The second-order valence-electron chi connectivity index (χ2n) is 5.29. The van der Waals surface area contributed by atoms with Crippen molar-refractivity contribution in [3.8, 4) is 11.4 Å². The Morgan fingerprint density at radius 2 is 1.67 bits per heavy atom. The molecular formula is C18H25N3. The molecule has 21 heavy (non-hydrogen) atoms. The van der Waals surface area contributed by atoms with Crippen molar-refractivity contribution in [1.29, 1.82) is 0 Å². The quantitative estimate of drug-likeness (QED) is 0.854. The van der Waals surface area contributed by atoms with Crippen LogP contribution in [0.15, 0.2) is 24.3 Å². The van der Waals surface area contributed by atoms with Crippen molar-refractivity contribution in [3.05, 3.63) is 41.1 Å². The van der Waals surface area contributed by atoms with Crippen LogP contribution in [0.3, 0.4) is 0 Å². The average molecular weight is 283 g/mol. The van der Waals surface area contributed by atoms with E-state index in [0.29, 0.717) is 0 Å². The Kier molecular flexibility index (Phi) is 5.32. The van der Waals surface area contributed by atoms with Crippen LogP contribution < -0.4 is 5.32 Å². The number of nitrogens with zero attached hydrogens (tertiary/aromatic N) is 2. The van der Waals surface area contributed by atoms with Gasteiger partial charge in [-0.15, -0.1) is 0 Å². The molecule has 0 spiro atoms. The highest BCUT2D eigenvalue weighted by Gasteiger charge is 2.11. The number of hydrogen-bond acceptors (Lipinski definition) is 3. The summed E-state index contributed by atoms with van der Waals surface area (Å²) in [5.41, 5.74) is 4.71. The zero-order chi connectivity index (χ0) is 15.2. The molecule has 0 fully saturated rings. The molecule has 0 aliphatic carbocycles. The molecule has 0 radical (unpaired) electrons. The Morgan fingerprint density at radius 3 is 2.24 bits per heavy atom. The summed E-state index contributed by atoms with van der Waals surface area (Å²) < 4.78 is 0. The van der Waals surface area contributed by atoms with Crippen molar-refractivity contribution in [1.82, 2.24) is 9.97 Å². The van der Waals surface area contributed by atoms with Gasteiger partial charge in [-0.05, 0) is 31.7 Å². The molecule has 0 saturated carbocycles. The lowest BCUT2D eigenvalue weighted by molar-refractivity contribution is 0.938. The van der Waals surface area contributed by atoms with Crippen molar-refractivity contribution >= 4 is 5.82 Å². The summed E-state index contributed by atoms with van der Waals surface area (Å²) in [6.07, 6.45) is 3.10. The topological polar surface area (TPSA) is 37.8 Å². The molecule has 1 aromatic heterocycles. The minimum Gasteiger partial charge on any atom is -0.370 e. The van der Waals surface area contributed by atoms with Gasteiger partial charge in [-0.2, -0.15) is 0 Å². The third-order valence-electron chi connectivity index (χ3n) is 3.73. The molecule has 1 heterocycles. The summed E-state index contributed by atoms with van der Waals surface area (Å²) in [7, 11) is 0. The predicted molar refractivity (Wildman–Crippen MR) is 89.7 cm³/mol. The Labute approximate surface area is 127 Å². The first-order valence-electron chi connectivity index (χ1n) is 7.90. The lowest BCUT2D eigenvalue weighted by Gasteiger charge is -2.13. The summed E-state index contributed by atoms with van der Waals surface area (Å²) in [5.74, 6) is 1.80. The Morgan fingerprint density at radius 1 is 0.952 bits per heavy atom. The van der Waals surface area contributed by atoms with Crippen LogP contribution in [0.2, 0.25) is 0 Å². The van der Waals surface area contributed by atoms with Crippen molar-refractivity contribution < 1.29 is 0 Å². The fraction of sp³-hybridized carbons (Fsp3) is 0.444. The zero-order valence-electron chi connectivity index (χ0n) is 13.5. The summed E-state index contributed by atoms with van der Waals surface area (Å²) in [5, 5.41) is 3.44. The lowest BCUT2D eigenvalue weighted by Crippen LogP contribution is -2.09. The van der Waals surface area contributed by atoms with Gasteiger partial charge in [0.2, 0.25) is 0 Å². The smallest absolute Gasteiger partial charge is 0.161 e. The van der Waals surface area contributed by atoms with Gasteiger partial charge in [0, 0.05) is 23.4 Å². The molecule has 3 heteroatoms. The van der Waals surface area contributed by atoms with E-state index >= 15 is 0 Å². The van der Waals surface area contributed by atoms with E-state index < -0.39 is 0 Å². The standard InChI is InChI=1S/C18H25N3/c1-5-12-19-18-16(7-3)13(4)20-17(21-18)15-10-8-14(6-2)9-11-15/h8-11H,5-7,12H2,1-4H3,(H,19,20,21). The van der Waals surface area contributed by atoms with Crippen molar-refractivity contribution in [2.45, 2.75) is 47.0 Å². The van der Waals surface area contributed by atoms with Crippen LogP contribution in [0.25, 0.3) is 11.4 Å². The number of aryl methyl sites for hydroxylation is 2. The zero-order valence-corrected chi connectivity index (χ0v) is 13.5. The maximum Gasteiger partial charge on any atom is 0.161 e. The van der Waals surface area contributed by atoms with E-state index in [2.05, 4.69) is 62.3 Å². The van der Waals surface area contributed by atoms with Crippen LogP contribution in [-0.2, 0) is 12.8 Å². The summed E-state index contributed by atoms with van der Waals surface area (Å²) in [6.45, 7) is 9.49. The average Bonchev–Trinajstić information content (AvgIpc) is 2.52. The molecule has 112 valence electrons. The highest BCUT2D eigenvalue weighted by atomic mass is 15.0. The predicted octanol–water partition coefficient (Wildman–Crippen LogP) is 4.40. The van der Waals surface area contributed by atoms with Crippen molar-refractivity contribution in [3.63, 3.8) is 0 Å². The van der Waals surface area contributed by atoms with Gasteiger partial charge in [0.15, 0.2) is 5.82 Å². The third-order valence-corrected chi connectivity index (χ3v) is 3.73. The van der Waals surface area contributed by atoms with Crippen LogP contribution in [0.1, 0.15) is 44.0 Å². The van der Waals surface area contributed by atoms with Crippen molar-refractivity contribution in [2.75, 3.05) is 11.9 Å². The normalized spacial score (nSPS) is 10.7.